The zero-order chi connectivity index (χ0) is 22.5. The topological polar surface area (TPSA) is 87.0 Å². The molecular formula is C24H24N4O4. The molecule has 0 atom stereocenters. The standard InChI is InChI=1S/C24H24N4O4/c1-4-31-20-11-8-17(14-21(20)32-5-2)24(29)25-18-9-6-16(7-10-18)19-15-28-22(26-19)12-13-23(27-28)30-3/h6-15H,4-5H2,1-3H3,(H,25,29). The molecule has 0 fully saturated rings. The highest BCUT2D eigenvalue weighted by molar-refractivity contribution is 6.04. The predicted molar refractivity (Wildman–Crippen MR) is 122 cm³/mol. The van der Waals surface area contributed by atoms with E-state index in [2.05, 4.69) is 15.4 Å². The van der Waals surface area contributed by atoms with E-state index in [4.69, 9.17) is 14.2 Å². The van der Waals surface area contributed by atoms with Crippen LogP contribution in [-0.2, 0) is 0 Å². The molecule has 0 saturated heterocycles. The lowest BCUT2D eigenvalue weighted by Crippen LogP contribution is -2.12. The largest absolute Gasteiger partial charge is 0.490 e. The number of benzene rings is 2. The summed E-state index contributed by atoms with van der Waals surface area (Å²) in [5.74, 6) is 1.45. The highest BCUT2D eigenvalue weighted by Gasteiger charge is 2.12. The molecule has 0 aliphatic carbocycles. The van der Waals surface area contributed by atoms with Crippen LogP contribution in [0.2, 0.25) is 0 Å². The van der Waals surface area contributed by atoms with Gasteiger partial charge in [-0.1, -0.05) is 12.1 Å². The van der Waals surface area contributed by atoms with Gasteiger partial charge in [0.1, 0.15) is 0 Å². The number of amides is 1. The number of carbonyl (C=O) groups is 1. The fraction of sp³-hybridized carbons (Fsp3) is 0.208. The second-order valence-electron chi connectivity index (χ2n) is 6.86. The normalized spacial score (nSPS) is 10.7. The number of imidazole rings is 1. The number of aromatic nitrogens is 3. The van der Waals surface area contributed by atoms with Crippen molar-refractivity contribution in [2.45, 2.75) is 13.8 Å². The Hall–Kier alpha value is -4.07. The predicted octanol–water partition coefficient (Wildman–Crippen LogP) is 4.45. The summed E-state index contributed by atoms with van der Waals surface area (Å²) in [4.78, 5) is 17.3. The van der Waals surface area contributed by atoms with E-state index in [0.29, 0.717) is 41.8 Å². The lowest BCUT2D eigenvalue weighted by molar-refractivity contribution is 0.102. The highest BCUT2D eigenvalue weighted by Crippen LogP contribution is 2.29. The number of nitrogens with zero attached hydrogens (tertiary/aromatic N) is 3. The molecule has 2 aromatic heterocycles. The Bertz CT molecular complexity index is 1230. The van der Waals surface area contributed by atoms with Crippen LogP contribution in [0.15, 0.2) is 60.8 Å². The zero-order valence-electron chi connectivity index (χ0n) is 18.2. The number of ether oxygens (including phenoxy) is 3. The van der Waals surface area contributed by atoms with E-state index in [-0.39, 0.29) is 5.91 Å². The van der Waals surface area contributed by atoms with Gasteiger partial charge < -0.3 is 19.5 Å². The van der Waals surface area contributed by atoms with Crippen molar-refractivity contribution in [1.29, 1.82) is 0 Å². The van der Waals surface area contributed by atoms with E-state index in [9.17, 15) is 4.79 Å². The van der Waals surface area contributed by atoms with Crippen molar-refractivity contribution in [3.63, 3.8) is 0 Å². The summed E-state index contributed by atoms with van der Waals surface area (Å²) in [5.41, 5.74) is 3.57. The second-order valence-corrected chi connectivity index (χ2v) is 6.86. The molecule has 0 aliphatic rings. The van der Waals surface area contributed by atoms with E-state index in [1.165, 1.54) is 0 Å². The summed E-state index contributed by atoms with van der Waals surface area (Å²) in [6.45, 7) is 4.80. The molecule has 2 aromatic carbocycles. The minimum atomic E-state index is -0.231. The van der Waals surface area contributed by atoms with Gasteiger partial charge in [0.15, 0.2) is 17.1 Å². The van der Waals surface area contributed by atoms with Crippen LogP contribution in [0.1, 0.15) is 24.2 Å². The molecule has 0 radical (unpaired) electrons. The number of fused-ring (bicyclic) bond motifs is 1. The first kappa shape index (κ1) is 21.2. The smallest absolute Gasteiger partial charge is 0.255 e. The Morgan fingerprint density at radius 2 is 1.72 bits per heavy atom. The van der Waals surface area contributed by atoms with Crippen molar-refractivity contribution in [3.05, 3.63) is 66.4 Å². The van der Waals surface area contributed by atoms with Gasteiger partial charge in [-0.25, -0.2) is 9.50 Å². The number of methoxy groups -OCH3 is 1. The SMILES string of the molecule is CCOc1ccc(C(=O)Nc2ccc(-c3cn4nc(OC)ccc4n3)cc2)cc1OCC. The van der Waals surface area contributed by atoms with Gasteiger partial charge in [-0.05, 0) is 50.2 Å². The van der Waals surface area contributed by atoms with Crippen LogP contribution < -0.4 is 19.5 Å². The van der Waals surface area contributed by atoms with Crippen molar-refractivity contribution >= 4 is 17.2 Å². The van der Waals surface area contributed by atoms with E-state index < -0.39 is 0 Å². The molecule has 8 nitrogen and oxygen atoms in total. The average molecular weight is 432 g/mol. The molecule has 0 unspecified atom stereocenters. The lowest BCUT2D eigenvalue weighted by atomic mass is 10.1. The first-order chi connectivity index (χ1) is 15.6. The molecule has 164 valence electrons. The molecule has 2 heterocycles. The van der Waals surface area contributed by atoms with E-state index >= 15 is 0 Å². The van der Waals surface area contributed by atoms with Crippen LogP contribution in [0.5, 0.6) is 17.4 Å². The van der Waals surface area contributed by atoms with Gasteiger partial charge in [-0.3, -0.25) is 4.79 Å². The van der Waals surface area contributed by atoms with Gasteiger partial charge in [0.25, 0.3) is 5.91 Å². The van der Waals surface area contributed by atoms with Gasteiger partial charge >= 0.3 is 0 Å². The van der Waals surface area contributed by atoms with Gasteiger partial charge in [0.05, 0.1) is 32.2 Å². The van der Waals surface area contributed by atoms with Crippen molar-refractivity contribution in [2.75, 3.05) is 25.6 Å². The van der Waals surface area contributed by atoms with Gasteiger partial charge in [0, 0.05) is 22.9 Å². The Kier molecular flexibility index (Phi) is 6.21. The van der Waals surface area contributed by atoms with Crippen LogP contribution in [0, 0.1) is 0 Å². The van der Waals surface area contributed by atoms with E-state index in [1.54, 1.807) is 35.9 Å². The van der Waals surface area contributed by atoms with Crippen LogP contribution in [0.4, 0.5) is 5.69 Å². The first-order valence-electron chi connectivity index (χ1n) is 10.3. The number of hydrogen-bond acceptors (Lipinski definition) is 6. The van der Waals surface area contributed by atoms with Crippen LogP contribution in [0.25, 0.3) is 16.9 Å². The maximum Gasteiger partial charge on any atom is 0.255 e. The Balaban J connectivity index is 1.50. The van der Waals surface area contributed by atoms with Crippen molar-refractivity contribution < 1.29 is 19.0 Å². The van der Waals surface area contributed by atoms with Crippen LogP contribution in [-0.4, -0.2) is 40.8 Å². The van der Waals surface area contributed by atoms with E-state index in [0.717, 1.165) is 16.9 Å². The third kappa shape index (κ3) is 4.49. The molecular weight excluding hydrogens is 408 g/mol. The summed E-state index contributed by atoms with van der Waals surface area (Å²) < 4.78 is 18.0. The van der Waals surface area contributed by atoms with Gasteiger partial charge in [0.2, 0.25) is 5.88 Å². The lowest BCUT2D eigenvalue weighted by Gasteiger charge is -2.12. The summed E-state index contributed by atoms with van der Waals surface area (Å²) >= 11 is 0. The van der Waals surface area contributed by atoms with Gasteiger partial charge in [-0.15, -0.1) is 5.10 Å². The molecule has 4 aromatic rings. The summed E-state index contributed by atoms with van der Waals surface area (Å²) in [6.07, 6.45) is 1.83. The first-order valence-corrected chi connectivity index (χ1v) is 10.3. The molecule has 0 bridgehead atoms. The Labute approximate surface area is 185 Å². The minimum Gasteiger partial charge on any atom is -0.490 e. The van der Waals surface area contributed by atoms with Crippen molar-refractivity contribution in [3.8, 4) is 28.6 Å². The number of anilines is 1. The second kappa shape index (κ2) is 9.38. The van der Waals surface area contributed by atoms with Crippen LogP contribution >= 0.6 is 0 Å². The van der Waals surface area contributed by atoms with Gasteiger partial charge in [-0.2, -0.15) is 0 Å². The molecule has 8 heteroatoms. The summed E-state index contributed by atoms with van der Waals surface area (Å²) in [5, 5.41) is 7.23. The quantitative estimate of drug-likeness (QED) is 0.443. The Morgan fingerprint density at radius 1 is 0.969 bits per heavy atom. The highest BCUT2D eigenvalue weighted by atomic mass is 16.5. The fourth-order valence-corrected chi connectivity index (χ4v) is 3.23. The molecule has 1 N–H and O–H groups in total. The molecule has 0 spiro atoms. The van der Waals surface area contributed by atoms with E-state index in [1.807, 2.05) is 50.4 Å². The molecule has 4 rings (SSSR count). The van der Waals surface area contributed by atoms with Crippen LogP contribution in [0.3, 0.4) is 0 Å². The zero-order valence-corrected chi connectivity index (χ0v) is 18.2. The molecule has 32 heavy (non-hydrogen) atoms. The summed E-state index contributed by atoms with van der Waals surface area (Å²) in [7, 11) is 1.57. The number of hydrogen-bond donors (Lipinski definition) is 1. The molecule has 0 aliphatic heterocycles. The van der Waals surface area contributed by atoms with Crippen molar-refractivity contribution in [2.24, 2.45) is 0 Å². The third-order valence-corrected chi connectivity index (χ3v) is 4.75. The molecule has 0 saturated carbocycles. The number of nitrogens with one attached hydrogen (secondary N) is 1. The fourth-order valence-electron chi connectivity index (χ4n) is 3.23. The Morgan fingerprint density at radius 3 is 2.44 bits per heavy atom. The molecule has 1 amide bonds. The summed E-state index contributed by atoms with van der Waals surface area (Å²) in [6, 6.07) is 16.2. The average Bonchev–Trinajstić information content (AvgIpc) is 3.24. The maximum absolute atomic E-state index is 12.7. The maximum atomic E-state index is 12.7. The monoisotopic (exact) mass is 432 g/mol. The number of rotatable bonds is 8. The van der Waals surface area contributed by atoms with Crippen molar-refractivity contribution in [1.82, 2.24) is 14.6 Å². The minimum absolute atomic E-state index is 0.231. The number of carbonyl (C=O) groups excluding carboxylic acids is 1. The third-order valence-electron chi connectivity index (χ3n) is 4.75.